The summed E-state index contributed by atoms with van der Waals surface area (Å²) < 4.78 is 6.57. The Morgan fingerprint density at radius 1 is 0.935 bits per heavy atom. The number of anilines is 2. The van der Waals surface area contributed by atoms with Crippen LogP contribution in [0.3, 0.4) is 0 Å². The molecule has 3 aromatic rings. The predicted octanol–water partition coefficient (Wildman–Crippen LogP) is 5.98. The summed E-state index contributed by atoms with van der Waals surface area (Å²) in [5.41, 5.74) is 3.86. The Morgan fingerprint density at radius 2 is 1.65 bits per heavy atom. The lowest BCUT2D eigenvalue weighted by Gasteiger charge is -2.14. The van der Waals surface area contributed by atoms with Crippen LogP contribution in [0, 0.1) is 6.92 Å². The van der Waals surface area contributed by atoms with Crippen LogP contribution in [0.25, 0.3) is 0 Å². The van der Waals surface area contributed by atoms with Gasteiger partial charge >= 0.3 is 0 Å². The normalized spacial score (nSPS) is 10.4. The highest BCUT2D eigenvalue weighted by atomic mass is 79.9. The molecule has 5 nitrogen and oxygen atoms in total. The van der Waals surface area contributed by atoms with Crippen LogP contribution in [0.4, 0.5) is 11.4 Å². The largest absolute Gasteiger partial charge is 0.492 e. The van der Waals surface area contributed by atoms with Gasteiger partial charge in [-0.2, -0.15) is 0 Å². The number of carbonyl (C=O) groups is 2. The molecule has 0 bridgehead atoms. The SMILES string of the molecule is CCC(=O)Nc1cccc(NC(=O)c2ccc(OCCc3ccccc3)c(Br)c2)c1C. The topological polar surface area (TPSA) is 67.4 Å². The Hall–Kier alpha value is -3.12. The van der Waals surface area contributed by atoms with E-state index in [0.29, 0.717) is 40.2 Å². The van der Waals surface area contributed by atoms with Gasteiger partial charge in [0, 0.05) is 29.8 Å². The van der Waals surface area contributed by atoms with E-state index in [4.69, 9.17) is 4.74 Å². The van der Waals surface area contributed by atoms with Gasteiger partial charge in [0.25, 0.3) is 5.91 Å². The molecule has 0 aliphatic carbocycles. The first-order chi connectivity index (χ1) is 15.0. The van der Waals surface area contributed by atoms with E-state index >= 15 is 0 Å². The predicted molar refractivity (Wildman–Crippen MR) is 128 cm³/mol. The Balaban J connectivity index is 1.64. The van der Waals surface area contributed by atoms with Crippen molar-refractivity contribution >= 4 is 39.1 Å². The van der Waals surface area contributed by atoms with Gasteiger partial charge in [-0.05, 0) is 64.3 Å². The van der Waals surface area contributed by atoms with Crippen LogP contribution in [0.2, 0.25) is 0 Å². The molecule has 0 saturated heterocycles. The van der Waals surface area contributed by atoms with Crippen LogP contribution in [0.1, 0.15) is 34.8 Å². The van der Waals surface area contributed by atoms with Crippen molar-refractivity contribution in [1.82, 2.24) is 0 Å². The first kappa shape index (κ1) is 22.6. The lowest BCUT2D eigenvalue weighted by molar-refractivity contribution is -0.115. The lowest BCUT2D eigenvalue weighted by Crippen LogP contribution is -2.15. The van der Waals surface area contributed by atoms with Crippen molar-refractivity contribution in [2.24, 2.45) is 0 Å². The van der Waals surface area contributed by atoms with Gasteiger partial charge in [-0.1, -0.05) is 43.3 Å². The number of halogens is 1. The molecule has 0 heterocycles. The van der Waals surface area contributed by atoms with Crippen molar-refractivity contribution in [2.45, 2.75) is 26.7 Å². The molecular weight excluding hydrogens is 456 g/mol. The molecule has 0 atom stereocenters. The van der Waals surface area contributed by atoms with E-state index in [1.165, 1.54) is 5.56 Å². The standard InChI is InChI=1S/C25H25BrN2O3/c1-3-24(29)27-21-10-7-11-22(17(21)2)28-25(30)19-12-13-23(20(26)16-19)31-15-14-18-8-5-4-6-9-18/h4-13,16H,3,14-15H2,1-2H3,(H,27,29)(H,28,30). The van der Waals surface area contributed by atoms with Crippen LogP contribution in [-0.4, -0.2) is 18.4 Å². The van der Waals surface area contributed by atoms with Crippen LogP contribution in [-0.2, 0) is 11.2 Å². The molecular formula is C25H25BrN2O3. The van der Waals surface area contributed by atoms with E-state index in [9.17, 15) is 9.59 Å². The Kier molecular flexibility index (Phi) is 7.84. The number of ether oxygens (including phenoxy) is 1. The highest BCUT2D eigenvalue weighted by Crippen LogP contribution is 2.28. The Labute approximate surface area is 191 Å². The van der Waals surface area contributed by atoms with Gasteiger partial charge in [0.1, 0.15) is 5.75 Å². The van der Waals surface area contributed by atoms with Crippen molar-refractivity contribution in [3.05, 3.63) is 87.9 Å². The molecule has 160 valence electrons. The number of hydrogen-bond acceptors (Lipinski definition) is 3. The van der Waals surface area contributed by atoms with Crippen molar-refractivity contribution in [2.75, 3.05) is 17.2 Å². The monoisotopic (exact) mass is 480 g/mol. The average molecular weight is 481 g/mol. The van der Waals surface area contributed by atoms with Crippen LogP contribution in [0.5, 0.6) is 5.75 Å². The van der Waals surface area contributed by atoms with E-state index in [-0.39, 0.29) is 11.8 Å². The van der Waals surface area contributed by atoms with E-state index < -0.39 is 0 Å². The molecule has 6 heteroatoms. The lowest BCUT2D eigenvalue weighted by atomic mass is 10.1. The molecule has 0 fully saturated rings. The van der Waals surface area contributed by atoms with Gasteiger partial charge in [-0.15, -0.1) is 0 Å². The summed E-state index contributed by atoms with van der Waals surface area (Å²) in [5, 5.41) is 5.76. The number of amides is 2. The second-order valence-corrected chi connectivity index (χ2v) is 7.92. The van der Waals surface area contributed by atoms with Gasteiger partial charge in [-0.3, -0.25) is 9.59 Å². The first-order valence-electron chi connectivity index (χ1n) is 10.1. The molecule has 2 amide bonds. The van der Waals surface area contributed by atoms with Crippen molar-refractivity contribution in [3.63, 3.8) is 0 Å². The summed E-state index contributed by atoms with van der Waals surface area (Å²) >= 11 is 3.50. The summed E-state index contributed by atoms with van der Waals surface area (Å²) in [6.45, 7) is 4.20. The molecule has 0 radical (unpaired) electrons. The van der Waals surface area contributed by atoms with E-state index in [1.807, 2.05) is 37.3 Å². The highest BCUT2D eigenvalue weighted by molar-refractivity contribution is 9.10. The van der Waals surface area contributed by atoms with Gasteiger partial charge in [0.2, 0.25) is 5.91 Å². The summed E-state index contributed by atoms with van der Waals surface area (Å²) in [6.07, 6.45) is 1.20. The maximum Gasteiger partial charge on any atom is 0.255 e. The molecule has 0 spiro atoms. The molecule has 0 aliphatic heterocycles. The molecule has 3 aromatic carbocycles. The fourth-order valence-corrected chi connectivity index (χ4v) is 3.52. The first-order valence-corrected chi connectivity index (χ1v) is 10.9. The molecule has 31 heavy (non-hydrogen) atoms. The van der Waals surface area contributed by atoms with Crippen molar-refractivity contribution in [1.29, 1.82) is 0 Å². The second kappa shape index (κ2) is 10.8. The average Bonchev–Trinajstić information content (AvgIpc) is 2.78. The third-order valence-corrected chi connectivity index (χ3v) is 5.48. The molecule has 0 aromatic heterocycles. The van der Waals surface area contributed by atoms with Crippen LogP contribution < -0.4 is 15.4 Å². The van der Waals surface area contributed by atoms with Gasteiger partial charge in [0.05, 0.1) is 11.1 Å². The highest BCUT2D eigenvalue weighted by Gasteiger charge is 2.13. The quantitative estimate of drug-likeness (QED) is 0.416. The molecule has 2 N–H and O–H groups in total. The zero-order chi connectivity index (χ0) is 22.2. The number of benzene rings is 3. The second-order valence-electron chi connectivity index (χ2n) is 7.06. The van der Waals surface area contributed by atoms with Gasteiger partial charge < -0.3 is 15.4 Å². The number of carbonyl (C=O) groups excluding carboxylic acids is 2. The number of nitrogens with one attached hydrogen (secondary N) is 2. The Morgan fingerprint density at radius 3 is 2.32 bits per heavy atom. The van der Waals surface area contributed by atoms with Crippen molar-refractivity contribution < 1.29 is 14.3 Å². The van der Waals surface area contributed by atoms with Gasteiger partial charge in [0.15, 0.2) is 0 Å². The molecule has 0 unspecified atom stereocenters. The summed E-state index contributed by atoms with van der Waals surface area (Å²) in [6, 6.07) is 20.8. The zero-order valence-electron chi connectivity index (χ0n) is 17.6. The third-order valence-electron chi connectivity index (χ3n) is 4.86. The van der Waals surface area contributed by atoms with Crippen LogP contribution >= 0.6 is 15.9 Å². The Bertz CT molecular complexity index is 1070. The molecule has 0 aliphatic rings. The third kappa shape index (κ3) is 6.18. The fourth-order valence-electron chi connectivity index (χ4n) is 3.02. The minimum absolute atomic E-state index is 0.0710. The maximum absolute atomic E-state index is 12.8. The number of hydrogen-bond donors (Lipinski definition) is 2. The van der Waals surface area contributed by atoms with Gasteiger partial charge in [-0.25, -0.2) is 0 Å². The van der Waals surface area contributed by atoms with E-state index in [0.717, 1.165) is 12.0 Å². The summed E-state index contributed by atoms with van der Waals surface area (Å²) in [5.74, 6) is 0.380. The van der Waals surface area contributed by atoms with E-state index in [1.54, 1.807) is 31.2 Å². The zero-order valence-corrected chi connectivity index (χ0v) is 19.2. The minimum Gasteiger partial charge on any atom is -0.492 e. The van der Waals surface area contributed by atoms with Crippen LogP contribution in [0.15, 0.2) is 71.2 Å². The number of rotatable bonds is 8. The van der Waals surface area contributed by atoms with E-state index in [2.05, 4.69) is 38.7 Å². The summed E-state index contributed by atoms with van der Waals surface area (Å²) in [4.78, 5) is 24.5. The molecule has 0 saturated carbocycles. The van der Waals surface area contributed by atoms with Crippen molar-refractivity contribution in [3.8, 4) is 5.75 Å². The maximum atomic E-state index is 12.8. The minimum atomic E-state index is -0.237. The molecule has 3 rings (SSSR count). The summed E-state index contributed by atoms with van der Waals surface area (Å²) in [7, 11) is 0. The smallest absolute Gasteiger partial charge is 0.255 e. The fraction of sp³-hybridized carbons (Fsp3) is 0.200.